The van der Waals surface area contributed by atoms with E-state index in [0.29, 0.717) is 0 Å². The Kier molecular flexibility index (Phi) is 1.69. The van der Waals surface area contributed by atoms with Gasteiger partial charge in [0.05, 0.1) is 14.1 Å². The first-order valence-electron chi connectivity index (χ1n) is 6.11. The first kappa shape index (κ1) is 9.71. The van der Waals surface area contributed by atoms with Crippen molar-refractivity contribution in [3.05, 3.63) is 48.5 Å². The van der Waals surface area contributed by atoms with Gasteiger partial charge in [0, 0.05) is 0 Å². The first-order valence-corrected chi connectivity index (χ1v) is 6.11. The maximum absolute atomic E-state index is 2.32. The van der Waals surface area contributed by atoms with Gasteiger partial charge in [0.1, 0.15) is 22.1 Å². The monoisotopic (exact) mass is 236 g/mol. The van der Waals surface area contributed by atoms with Crippen molar-refractivity contribution < 1.29 is 4.40 Å². The number of benzene rings is 2. The predicted octanol–water partition coefficient (Wildman–Crippen LogP) is 2.41. The summed E-state index contributed by atoms with van der Waals surface area (Å²) in [5, 5.41) is 0. The maximum Gasteiger partial charge on any atom is 0.370 e. The van der Waals surface area contributed by atoms with E-state index in [9.17, 15) is 0 Å². The lowest BCUT2D eigenvalue weighted by Crippen LogP contribution is -2.19. The van der Waals surface area contributed by atoms with Crippen molar-refractivity contribution in [3.63, 3.8) is 0 Å². The van der Waals surface area contributed by atoms with E-state index in [1.807, 2.05) is 0 Å². The highest BCUT2D eigenvalue weighted by molar-refractivity contribution is 5.82. The number of para-hydroxylation sites is 4. The van der Waals surface area contributed by atoms with Gasteiger partial charge in [0.15, 0.2) is 0 Å². The molecule has 4 rings (SSSR count). The summed E-state index contributed by atoms with van der Waals surface area (Å²) in [6.07, 6.45) is 0. The van der Waals surface area contributed by atoms with E-state index in [2.05, 4.69) is 76.2 Å². The molecule has 2 aromatic heterocycles. The van der Waals surface area contributed by atoms with Crippen molar-refractivity contribution >= 4 is 27.8 Å². The molecule has 0 N–H and O–H groups in total. The lowest BCUT2D eigenvalue weighted by atomic mass is 10.3. The van der Waals surface area contributed by atoms with Gasteiger partial charge in [0.25, 0.3) is 0 Å². The number of imidazole rings is 2. The minimum atomic E-state index is 1.21. The van der Waals surface area contributed by atoms with Gasteiger partial charge in [-0.05, 0) is 24.3 Å². The van der Waals surface area contributed by atoms with Crippen LogP contribution in [0, 0.1) is 0 Å². The quantitative estimate of drug-likeness (QED) is 0.416. The molecule has 0 amide bonds. The smallest absolute Gasteiger partial charge is 0.230 e. The van der Waals surface area contributed by atoms with Gasteiger partial charge in [-0.15, -0.1) is 0 Å². The van der Waals surface area contributed by atoms with Crippen LogP contribution in [0.4, 0.5) is 0 Å². The third-order valence-electron chi connectivity index (χ3n) is 3.77. The highest BCUT2D eigenvalue weighted by Crippen LogP contribution is 2.20. The number of aromatic nitrogens is 3. The molecule has 0 saturated carbocycles. The Bertz CT molecular complexity index is 825. The number of aryl methyl sites for hydroxylation is 2. The molecule has 18 heavy (non-hydrogen) atoms. The molecule has 0 spiro atoms. The molecule has 0 unspecified atom stereocenters. The minimum absolute atomic E-state index is 1.21. The highest BCUT2D eigenvalue weighted by atomic mass is 15.2. The van der Waals surface area contributed by atoms with Crippen molar-refractivity contribution in [2.75, 3.05) is 0 Å². The summed E-state index contributed by atoms with van der Waals surface area (Å²) in [5.41, 5.74) is 5.03. The molecule has 3 nitrogen and oxygen atoms in total. The van der Waals surface area contributed by atoms with Crippen LogP contribution in [0.5, 0.6) is 0 Å². The van der Waals surface area contributed by atoms with Crippen molar-refractivity contribution in [3.8, 4) is 0 Å². The van der Waals surface area contributed by atoms with Gasteiger partial charge in [-0.25, -0.2) is 9.13 Å². The van der Waals surface area contributed by atoms with E-state index in [4.69, 9.17) is 0 Å². The van der Waals surface area contributed by atoms with Crippen LogP contribution in [0.25, 0.3) is 27.8 Å². The van der Waals surface area contributed by atoms with Crippen molar-refractivity contribution in [2.24, 2.45) is 14.1 Å². The van der Waals surface area contributed by atoms with Crippen LogP contribution in [0.15, 0.2) is 48.5 Å². The molecular formula is C15H14N3+. The normalized spacial score (nSPS) is 11.9. The van der Waals surface area contributed by atoms with Crippen molar-refractivity contribution in [1.82, 2.24) is 9.13 Å². The molecule has 0 saturated heterocycles. The number of fused-ring (bicyclic) bond motifs is 5. The molecule has 0 atom stereocenters. The Morgan fingerprint density at radius 1 is 0.722 bits per heavy atom. The third kappa shape index (κ3) is 0.973. The summed E-state index contributed by atoms with van der Waals surface area (Å²) in [7, 11) is 4.24. The molecule has 0 radical (unpaired) electrons. The summed E-state index contributed by atoms with van der Waals surface area (Å²) in [5.74, 6) is 1.21. The SMILES string of the molecule is Cn1c2ccccc2[n+]2c3ccccc3n(C)c12. The Balaban J connectivity index is 2.45. The van der Waals surface area contributed by atoms with Gasteiger partial charge in [-0.1, -0.05) is 24.3 Å². The molecule has 3 heteroatoms. The van der Waals surface area contributed by atoms with Gasteiger partial charge < -0.3 is 0 Å². The fraction of sp³-hybridized carbons (Fsp3) is 0.133. The van der Waals surface area contributed by atoms with Crippen LogP contribution in [0.1, 0.15) is 0 Å². The van der Waals surface area contributed by atoms with Crippen LogP contribution in [-0.4, -0.2) is 9.13 Å². The Hall–Kier alpha value is -2.29. The van der Waals surface area contributed by atoms with Gasteiger partial charge >= 0.3 is 5.78 Å². The van der Waals surface area contributed by atoms with Gasteiger partial charge in [-0.2, -0.15) is 4.40 Å². The van der Waals surface area contributed by atoms with Crippen LogP contribution in [-0.2, 0) is 14.1 Å². The van der Waals surface area contributed by atoms with Gasteiger partial charge in [0.2, 0.25) is 0 Å². The van der Waals surface area contributed by atoms with E-state index in [-0.39, 0.29) is 0 Å². The number of nitrogens with zero attached hydrogens (tertiary/aromatic N) is 3. The van der Waals surface area contributed by atoms with Crippen LogP contribution in [0.3, 0.4) is 0 Å². The Morgan fingerprint density at radius 3 is 1.67 bits per heavy atom. The summed E-state index contributed by atoms with van der Waals surface area (Å²) in [4.78, 5) is 0. The van der Waals surface area contributed by atoms with Crippen molar-refractivity contribution in [1.29, 1.82) is 0 Å². The average Bonchev–Trinajstić information content (AvgIpc) is 2.87. The second-order valence-corrected chi connectivity index (χ2v) is 4.73. The highest BCUT2D eigenvalue weighted by Gasteiger charge is 2.22. The average molecular weight is 236 g/mol. The molecule has 0 aliphatic carbocycles. The number of hydrogen-bond donors (Lipinski definition) is 0. The minimum Gasteiger partial charge on any atom is -0.230 e. The second kappa shape index (κ2) is 3.13. The lowest BCUT2D eigenvalue weighted by molar-refractivity contribution is -0.451. The first-order chi connectivity index (χ1) is 8.79. The second-order valence-electron chi connectivity index (χ2n) is 4.73. The van der Waals surface area contributed by atoms with Crippen molar-refractivity contribution in [2.45, 2.75) is 0 Å². The zero-order valence-corrected chi connectivity index (χ0v) is 10.5. The van der Waals surface area contributed by atoms with E-state index < -0.39 is 0 Å². The molecule has 0 bridgehead atoms. The molecule has 0 aliphatic heterocycles. The molecule has 4 aromatic rings. The van der Waals surface area contributed by atoms with E-state index in [0.717, 1.165) is 0 Å². The number of hydrogen-bond acceptors (Lipinski definition) is 0. The molecule has 0 fully saturated rings. The Labute approximate surface area is 104 Å². The largest absolute Gasteiger partial charge is 0.370 e. The molecular weight excluding hydrogens is 222 g/mol. The summed E-state index contributed by atoms with van der Waals surface area (Å²) < 4.78 is 6.81. The third-order valence-corrected chi connectivity index (χ3v) is 3.77. The van der Waals surface area contributed by atoms with Crippen LogP contribution >= 0.6 is 0 Å². The number of rotatable bonds is 0. The van der Waals surface area contributed by atoms with Crippen LogP contribution in [0.2, 0.25) is 0 Å². The summed E-state index contributed by atoms with van der Waals surface area (Å²) in [6.45, 7) is 0. The van der Waals surface area contributed by atoms with Crippen LogP contribution < -0.4 is 4.40 Å². The Morgan fingerprint density at radius 2 is 1.17 bits per heavy atom. The zero-order valence-electron chi connectivity index (χ0n) is 10.5. The maximum atomic E-state index is 2.32. The summed E-state index contributed by atoms with van der Waals surface area (Å²) in [6, 6.07) is 17.0. The predicted molar refractivity (Wildman–Crippen MR) is 72.6 cm³/mol. The van der Waals surface area contributed by atoms with E-state index >= 15 is 0 Å². The standard InChI is InChI=1S/C15H14N3/c1-16-11-7-3-5-9-13(11)18-14-10-6-4-8-12(14)17(2)15(16)18/h3-10H,1-2H3/q+1. The molecule has 2 aromatic carbocycles. The van der Waals surface area contributed by atoms with E-state index in [1.165, 1.54) is 27.8 Å². The molecule has 0 aliphatic rings. The lowest BCUT2D eigenvalue weighted by Gasteiger charge is -1.92. The fourth-order valence-electron chi connectivity index (χ4n) is 2.96. The summed E-state index contributed by atoms with van der Waals surface area (Å²) >= 11 is 0. The van der Waals surface area contributed by atoms with Gasteiger partial charge in [-0.3, -0.25) is 0 Å². The topological polar surface area (TPSA) is 14.0 Å². The van der Waals surface area contributed by atoms with E-state index in [1.54, 1.807) is 0 Å². The molecule has 2 heterocycles. The zero-order chi connectivity index (χ0) is 12.3. The fourth-order valence-corrected chi connectivity index (χ4v) is 2.96. The molecule has 88 valence electrons.